The third kappa shape index (κ3) is 5.73. The van der Waals surface area contributed by atoms with Crippen molar-refractivity contribution in [2.75, 3.05) is 0 Å². The molecule has 5 rings (SSSR count). The summed E-state index contributed by atoms with van der Waals surface area (Å²) < 4.78 is 42.2. The number of rotatable bonds is 7. The van der Waals surface area contributed by atoms with E-state index >= 15 is 0 Å². The van der Waals surface area contributed by atoms with E-state index in [-0.39, 0.29) is 34.6 Å². The Kier molecular flexibility index (Phi) is 7.08. The van der Waals surface area contributed by atoms with Gasteiger partial charge in [0.2, 0.25) is 15.9 Å². The highest BCUT2D eigenvalue weighted by atomic mass is 32.2. The normalized spacial score (nSPS) is 19.0. The molecule has 0 bridgehead atoms. The van der Waals surface area contributed by atoms with Gasteiger partial charge in [0, 0.05) is 17.5 Å². The second-order valence-corrected chi connectivity index (χ2v) is 11.3. The van der Waals surface area contributed by atoms with Gasteiger partial charge >= 0.3 is 0 Å². The average Bonchev–Trinajstić information content (AvgIpc) is 3.33. The van der Waals surface area contributed by atoms with Gasteiger partial charge in [-0.2, -0.15) is 0 Å². The molecule has 9 heteroatoms. The van der Waals surface area contributed by atoms with Crippen molar-refractivity contribution in [2.24, 2.45) is 5.92 Å². The molecule has 37 heavy (non-hydrogen) atoms. The predicted molar refractivity (Wildman–Crippen MR) is 141 cm³/mol. The quantitative estimate of drug-likeness (QED) is 0.316. The highest BCUT2D eigenvalue weighted by Gasteiger charge is 2.30. The first-order valence-corrected chi connectivity index (χ1v) is 13.9. The number of nitrogens with one attached hydrogen (secondary N) is 3. The minimum Gasteiger partial charge on any atom is -0.349 e. The van der Waals surface area contributed by atoms with Gasteiger partial charge < -0.3 is 10.3 Å². The zero-order chi connectivity index (χ0) is 26.0. The lowest BCUT2D eigenvalue weighted by molar-refractivity contribution is -0.126. The molecule has 0 aliphatic heterocycles. The van der Waals surface area contributed by atoms with Crippen LogP contribution in [-0.2, 0) is 14.8 Å². The number of imidazole rings is 1. The topological polar surface area (TPSA) is 104 Å². The molecule has 1 amide bonds. The third-order valence-electron chi connectivity index (χ3n) is 6.96. The van der Waals surface area contributed by atoms with Crippen molar-refractivity contribution in [1.82, 2.24) is 20.0 Å². The molecule has 3 N–H and O–H groups in total. The van der Waals surface area contributed by atoms with Gasteiger partial charge in [-0.1, -0.05) is 42.5 Å². The summed E-state index contributed by atoms with van der Waals surface area (Å²) in [6, 6.07) is 20.1. The first-order valence-electron chi connectivity index (χ1n) is 12.4. The summed E-state index contributed by atoms with van der Waals surface area (Å²) in [6.07, 6.45) is 2.33. The van der Waals surface area contributed by atoms with Gasteiger partial charge in [-0.05, 0) is 68.5 Å². The number of aromatic amines is 1. The van der Waals surface area contributed by atoms with Crippen LogP contribution in [0.3, 0.4) is 0 Å². The maximum absolute atomic E-state index is 13.2. The number of hydrogen-bond donors (Lipinski definition) is 3. The fraction of sp³-hybridized carbons (Fsp3) is 0.286. The molecule has 1 heterocycles. The number of nitrogens with zero attached hydrogens (tertiary/aromatic N) is 1. The predicted octanol–water partition coefficient (Wildman–Crippen LogP) is 5.08. The van der Waals surface area contributed by atoms with Crippen molar-refractivity contribution in [2.45, 2.75) is 49.6 Å². The highest BCUT2D eigenvalue weighted by molar-refractivity contribution is 7.89. The molecule has 1 aliphatic rings. The zero-order valence-corrected chi connectivity index (χ0v) is 21.3. The molecule has 0 spiro atoms. The maximum atomic E-state index is 13.2. The van der Waals surface area contributed by atoms with E-state index in [1.807, 2.05) is 37.3 Å². The number of aromatic nitrogens is 2. The fourth-order valence-corrected chi connectivity index (χ4v) is 6.14. The Balaban J connectivity index is 1.19. The van der Waals surface area contributed by atoms with Crippen molar-refractivity contribution in [1.29, 1.82) is 0 Å². The van der Waals surface area contributed by atoms with Crippen LogP contribution >= 0.6 is 0 Å². The van der Waals surface area contributed by atoms with E-state index < -0.39 is 10.0 Å². The molecule has 1 aliphatic carbocycles. The van der Waals surface area contributed by atoms with Crippen molar-refractivity contribution in [3.05, 3.63) is 84.2 Å². The van der Waals surface area contributed by atoms with E-state index in [0.717, 1.165) is 16.6 Å². The van der Waals surface area contributed by atoms with Crippen LogP contribution in [0.25, 0.3) is 22.4 Å². The Morgan fingerprint density at radius 3 is 2.41 bits per heavy atom. The Bertz CT molecular complexity index is 1500. The number of H-pyrrole nitrogens is 1. The zero-order valence-electron chi connectivity index (χ0n) is 20.4. The Morgan fingerprint density at radius 1 is 1.00 bits per heavy atom. The molecule has 3 aromatic carbocycles. The first kappa shape index (κ1) is 25.1. The molecular weight excluding hydrogens is 491 g/mol. The number of hydrogen-bond acceptors (Lipinski definition) is 4. The summed E-state index contributed by atoms with van der Waals surface area (Å²) in [5.74, 6) is 0.129. The minimum absolute atomic E-state index is 0.0589. The standard InChI is InChI=1S/C28H29FN4O3S/c1-18(19-7-11-22(29)12-8-19)30-28(34)21-9-13-23(14-10-21)33-37(35,36)24-15-16-25-26(17-24)32-27(31-25)20-5-3-2-4-6-20/h2-8,11-12,15-18,21,23,33H,9-10,13-14H2,1H3,(H,30,34)(H,31,32)/t18-,21-,23-/m1/s1. The van der Waals surface area contributed by atoms with E-state index in [1.165, 1.54) is 12.1 Å². The summed E-state index contributed by atoms with van der Waals surface area (Å²) >= 11 is 0. The molecular formula is C28H29FN4O3S. The Labute approximate surface area is 215 Å². The molecule has 4 aromatic rings. The highest BCUT2D eigenvalue weighted by Crippen LogP contribution is 2.28. The van der Waals surface area contributed by atoms with Gasteiger partial charge in [0.05, 0.1) is 22.0 Å². The number of carbonyl (C=O) groups is 1. The number of halogens is 1. The van der Waals surface area contributed by atoms with Crippen LogP contribution in [0.15, 0.2) is 77.7 Å². The number of amides is 1. The van der Waals surface area contributed by atoms with Crippen LogP contribution in [0.5, 0.6) is 0 Å². The van der Waals surface area contributed by atoms with Crippen molar-refractivity contribution in [3.63, 3.8) is 0 Å². The second kappa shape index (κ2) is 10.4. The first-order chi connectivity index (χ1) is 17.8. The summed E-state index contributed by atoms with van der Waals surface area (Å²) in [5.41, 5.74) is 3.10. The molecule has 1 aromatic heterocycles. The maximum Gasteiger partial charge on any atom is 0.240 e. The fourth-order valence-electron chi connectivity index (χ4n) is 4.81. The molecule has 1 atom stereocenters. The van der Waals surface area contributed by atoms with Gasteiger partial charge in [0.15, 0.2) is 0 Å². The van der Waals surface area contributed by atoms with Crippen molar-refractivity contribution >= 4 is 27.0 Å². The minimum atomic E-state index is -3.74. The molecule has 192 valence electrons. The number of sulfonamides is 1. The monoisotopic (exact) mass is 520 g/mol. The van der Waals surface area contributed by atoms with Crippen LogP contribution in [0, 0.1) is 11.7 Å². The van der Waals surface area contributed by atoms with Crippen LogP contribution < -0.4 is 10.0 Å². The SMILES string of the molecule is C[C@@H](NC(=O)[C@H]1CC[C@H](NS(=O)(=O)c2ccc3[nH]c(-c4ccccc4)nc3c2)CC1)c1ccc(F)cc1. The van der Waals surface area contributed by atoms with Gasteiger partial charge in [0.25, 0.3) is 0 Å². The van der Waals surface area contributed by atoms with Gasteiger partial charge in [0.1, 0.15) is 11.6 Å². The Hall–Kier alpha value is -3.56. The molecule has 7 nitrogen and oxygen atoms in total. The van der Waals surface area contributed by atoms with E-state index in [4.69, 9.17) is 0 Å². The van der Waals surface area contributed by atoms with Gasteiger partial charge in [-0.15, -0.1) is 0 Å². The lowest BCUT2D eigenvalue weighted by atomic mass is 9.85. The molecule has 1 fully saturated rings. The van der Waals surface area contributed by atoms with E-state index in [2.05, 4.69) is 20.0 Å². The second-order valence-electron chi connectivity index (χ2n) is 9.58. The number of benzene rings is 3. The van der Waals surface area contributed by atoms with E-state index in [0.29, 0.717) is 37.0 Å². The number of carbonyl (C=O) groups excluding carboxylic acids is 1. The molecule has 1 saturated carbocycles. The summed E-state index contributed by atoms with van der Waals surface area (Å²) in [7, 11) is -3.74. The van der Waals surface area contributed by atoms with Crippen LogP contribution in [0.1, 0.15) is 44.2 Å². The van der Waals surface area contributed by atoms with Gasteiger partial charge in [-0.25, -0.2) is 22.5 Å². The summed E-state index contributed by atoms with van der Waals surface area (Å²) in [4.78, 5) is 20.7. The summed E-state index contributed by atoms with van der Waals surface area (Å²) in [6.45, 7) is 1.86. The van der Waals surface area contributed by atoms with Gasteiger partial charge in [-0.3, -0.25) is 4.79 Å². The van der Waals surface area contributed by atoms with E-state index in [9.17, 15) is 17.6 Å². The molecule has 0 radical (unpaired) electrons. The van der Waals surface area contributed by atoms with E-state index in [1.54, 1.807) is 30.3 Å². The van der Waals surface area contributed by atoms with Crippen molar-refractivity contribution < 1.29 is 17.6 Å². The lowest BCUT2D eigenvalue weighted by Gasteiger charge is -2.29. The van der Waals surface area contributed by atoms with Crippen LogP contribution in [0.2, 0.25) is 0 Å². The van der Waals surface area contributed by atoms with Crippen molar-refractivity contribution in [3.8, 4) is 11.4 Å². The largest absolute Gasteiger partial charge is 0.349 e. The lowest BCUT2D eigenvalue weighted by Crippen LogP contribution is -2.41. The Morgan fingerprint density at radius 2 is 1.70 bits per heavy atom. The van der Waals surface area contributed by atoms with Crippen LogP contribution in [0.4, 0.5) is 4.39 Å². The molecule has 0 unspecified atom stereocenters. The smallest absolute Gasteiger partial charge is 0.240 e. The molecule has 0 saturated heterocycles. The van der Waals surface area contributed by atoms with Crippen LogP contribution in [-0.4, -0.2) is 30.3 Å². The average molecular weight is 521 g/mol. The number of fused-ring (bicyclic) bond motifs is 1. The third-order valence-corrected chi connectivity index (χ3v) is 8.48. The summed E-state index contributed by atoms with van der Waals surface area (Å²) in [5, 5.41) is 3.00.